The van der Waals surface area contributed by atoms with Crippen molar-refractivity contribution in [1.29, 1.82) is 0 Å². The summed E-state index contributed by atoms with van der Waals surface area (Å²) in [6.45, 7) is 3.71. The summed E-state index contributed by atoms with van der Waals surface area (Å²) in [6.07, 6.45) is 6.75. The molecule has 0 bridgehead atoms. The minimum Gasteiger partial charge on any atom is -0.322 e. The normalized spacial score (nSPS) is 11.8. The molecule has 0 fully saturated rings. The summed E-state index contributed by atoms with van der Waals surface area (Å²) in [5.74, 6) is 0.327. The fraction of sp³-hybridized carbons (Fsp3) is 0.0833. The molecule has 0 unspecified atom stereocenters. The van der Waals surface area contributed by atoms with Gasteiger partial charge in [-0.05, 0) is 56.3 Å². The van der Waals surface area contributed by atoms with Gasteiger partial charge in [-0.2, -0.15) is 20.2 Å². The number of hydrogen-bond acceptors (Lipinski definition) is 9. The summed E-state index contributed by atoms with van der Waals surface area (Å²) in [6, 6.07) is 13.3. The van der Waals surface area contributed by atoms with Crippen molar-refractivity contribution in [3.63, 3.8) is 0 Å². The minimum absolute atomic E-state index is 0.132. The van der Waals surface area contributed by atoms with Crippen LogP contribution >= 0.6 is 11.6 Å². The molecule has 0 aliphatic carbocycles. The average molecular weight is 490 g/mol. The predicted octanol–water partition coefficient (Wildman–Crippen LogP) is 5.47. The van der Waals surface area contributed by atoms with Crippen molar-refractivity contribution >= 4 is 46.3 Å². The number of nitrogens with one attached hydrogen (secondary N) is 3. The highest BCUT2D eigenvalue weighted by atomic mass is 35.5. The van der Waals surface area contributed by atoms with Gasteiger partial charge >= 0.3 is 0 Å². The molecule has 176 valence electrons. The number of hydrogen-bond donors (Lipinski definition) is 3. The Balaban J connectivity index is 1.62. The second-order valence-electron chi connectivity index (χ2n) is 7.30. The van der Waals surface area contributed by atoms with E-state index < -0.39 is 5.82 Å². The monoisotopic (exact) mass is 489 g/mol. The summed E-state index contributed by atoms with van der Waals surface area (Å²) in [7, 11) is 0. The molecular formula is C24H21ClFN9. The Morgan fingerprint density at radius 1 is 0.771 bits per heavy atom. The number of rotatable bonds is 8. The standard InChI is InChI=1S/C24H21ClFN9/c1-15(17-5-9-27-10-6-17)32-34-22-14-23(35-33-16(2)18-7-11-28-12-8-18)31-24(30-22)29-21-4-3-19(25)13-20(21)26/h3-14H,1-2H3,(H3,29,30,31,34,35). The molecule has 0 aliphatic heterocycles. The quantitative estimate of drug-likeness (QED) is 0.222. The Hall–Kier alpha value is -4.44. The molecule has 11 heteroatoms. The van der Waals surface area contributed by atoms with E-state index in [0.29, 0.717) is 11.6 Å². The van der Waals surface area contributed by atoms with E-state index in [0.717, 1.165) is 22.6 Å². The molecule has 0 atom stereocenters. The molecule has 3 heterocycles. The maximum Gasteiger partial charge on any atom is 0.231 e. The number of pyridine rings is 2. The lowest BCUT2D eigenvalue weighted by atomic mass is 10.2. The Bertz CT molecular complexity index is 1290. The SMILES string of the molecule is CC(=NNc1cc(NN=C(C)c2ccncc2)nc(Nc2ccc(Cl)cc2F)n1)c1ccncc1. The molecule has 35 heavy (non-hydrogen) atoms. The first-order chi connectivity index (χ1) is 17.0. The average Bonchev–Trinajstić information content (AvgIpc) is 2.88. The zero-order valence-corrected chi connectivity index (χ0v) is 19.6. The van der Waals surface area contributed by atoms with Crippen LogP contribution in [0.4, 0.5) is 27.7 Å². The third-order valence-electron chi connectivity index (χ3n) is 4.78. The van der Waals surface area contributed by atoms with Crippen molar-refractivity contribution in [2.75, 3.05) is 16.2 Å². The van der Waals surface area contributed by atoms with Gasteiger partial charge in [-0.3, -0.25) is 20.8 Å². The van der Waals surface area contributed by atoms with Gasteiger partial charge in [0.1, 0.15) is 5.82 Å². The summed E-state index contributed by atoms with van der Waals surface area (Å²) in [4.78, 5) is 16.8. The summed E-state index contributed by atoms with van der Waals surface area (Å²) in [5, 5.41) is 11.9. The Labute approximate surface area is 206 Å². The maximum atomic E-state index is 14.3. The Morgan fingerprint density at radius 3 is 1.77 bits per heavy atom. The van der Waals surface area contributed by atoms with Gasteiger partial charge in [0.05, 0.1) is 17.1 Å². The van der Waals surface area contributed by atoms with Crippen molar-refractivity contribution in [1.82, 2.24) is 19.9 Å². The smallest absolute Gasteiger partial charge is 0.231 e. The molecule has 0 saturated carbocycles. The highest BCUT2D eigenvalue weighted by molar-refractivity contribution is 6.30. The van der Waals surface area contributed by atoms with E-state index in [9.17, 15) is 4.39 Å². The van der Waals surface area contributed by atoms with Crippen molar-refractivity contribution in [3.05, 3.63) is 95.3 Å². The van der Waals surface area contributed by atoms with Crippen molar-refractivity contribution in [2.24, 2.45) is 10.2 Å². The molecule has 3 aromatic heterocycles. The lowest BCUT2D eigenvalue weighted by Crippen LogP contribution is -2.07. The van der Waals surface area contributed by atoms with Gasteiger partial charge in [-0.25, -0.2) is 4.39 Å². The fourth-order valence-electron chi connectivity index (χ4n) is 2.93. The van der Waals surface area contributed by atoms with E-state index >= 15 is 0 Å². The number of nitrogens with zero attached hydrogens (tertiary/aromatic N) is 6. The van der Waals surface area contributed by atoms with E-state index in [1.165, 1.54) is 12.1 Å². The number of benzene rings is 1. The zero-order valence-electron chi connectivity index (χ0n) is 18.9. The first-order valence-electron chi connectivity index (χ1n) is 10.5. The van der Waals surface area contributed by atoms with Gasteiger partial charge in [0.2, 0.25) is 5.95 Å². The van der Waals surface area contributed by atoms with E-state index in [2.05, 4.69) is 46.3 Å². The van der Waals surface area contributed by atoms with Crippen molar-refractivity contribution in [3.8, 4) is 0 Å². The summed E-state index contributed by atoms with van der Waals surface area (Å²) in [5.41, 5.74) is 9.26. The minimum atomic E-state index is -0.535. The molecule has 0 saturated heterocycles. The molecule has 0 aliphatic rings. The molecular weight excluding hydrogens is 469 g/mol. The summed E-state index contributed by atoms with van der Waals surface area (Å²) >= 11 is 5.86. The predicted molar refractivity (Wildman–Crippen MR) is 137 cm³/mol. The van der Waals surface area contributed by atoms with Crippen LogP contribution in [0.25, 0.3) is 0 Å². The molecule has 4 aromatic rings. The highest BCUT2D eigenvalue weighted by Gasteiger charge is 2.09. The second-order valence-corrected chi connectivity index (χ2v) is 7.74. The molecule has 3 N–H and O–H groups in total. The zero-order chi connectivity index (χ0) is 24.6. The molecule has 4 rings (SSSR count). The molecule has 1 aromatic carbocycles. The van der Waals surface area contributed by atoms with Gasteiger partial charge < -0.3 is 5.32 Å². The largest absolute Gasteiger partial charge is 0.322 e. The maximum absolute atomic E-state index is 14.3. The van der Waals surface area contributed by atoms with Crippen LogP contribution in [0.1, 0.15) is 25.0 Å². The van der Waals surface area contributed by atoms with Crippen LogP contribution < -0.4 is 16.2 Å². The fourth-order valence-corrected chi connectivity index (χ4v) is 3.09. The van der Waals surface area contributed by atoms with Gasteiger partial charge in [0, 0.05) is 47.0 Å². The van der Waals surface area contributed by atoms with Gasteiger partial charge in [0.15, 0.2) is 11.6 Å². The van der Waals surface area contributed by atoms with Crippen LogP contribution in [0, 0.1) is 5.82 Å². The van der Waals surface area contributed by atoms with Crippen LogP contribution in [-0.2, 0) is 0 Å². The molecule has 0 radical (unpaired) electrons. The third kappa shape index (κ3) is 6.55. The van der Waals surface area contributed by atoms with Crippen molar-refractivity contribution in [2.45, 2.75) is 13.8 Å². The Morgan fingerprint density at radius 2 is 1.29 bits per heavy atom. The summed E-state index contributed by atoms with van der Waals surface area (Å²) < 4.78 is 14.3. The van der Waals surface area contributed by atoms with E-state index in [-0.39, 0.29) is 16.7 Å². The van der Waals surface area contributed by atoms with E-state index in [4.69, 9.17) is 11.6 Å². The third-order valence-corrected chi connectivity index (χ3v) is 5.01. The van der Waals surface area contributed by atoms with Crippen LogP contribution in [0.3, 0.4) is 0 Å². The number of halogens is 2. The molecule has 0 amide bonds. The van der Waals surface area contributed by atoms with E-state index in [1.54, 1.807) is 36.9 Å². The topological polar surface area (TPSA) is 112 Å². The molecule has 0 spiro atoms. The van der Waals surface area contributed by atoms with E-state index in [1.807, 2.05) is 38.1 Å². The number of hydrazone groups is 2. The van der Waals surface area contributed by atoms with Crippen molar-refractivity contribution < 1.29 is 4.39 Å². The number of anilines is 4. The van der Waals surface area contributed by atoms with Gasteiger partial charge in [-0.1, -0.05) is 11.6 Å². The van der Waals surface area contributed by atoms with Gasteiger partial charge in [0.25, 0.3) is 0 Å². The van der Waals surface area contributed by atoms with Crippen LogP contribution in [0.2, 0.25) is 5.02 Å². The highest BCUT2D eigenvalue weighted by Crippen LogP contribution is 2.23. The Kier molecular flexibility index (Phi) is 7.53. The van der Waals surface area contributed by atoms with Crippen LogP contribution in [0.5, 0.6) is 0 Å². The number of aromatic nitrogens is 4. The second kappa shape index (κ2) is 11.1. The molecule has 9 nitrogen and oxygen atoms in total. The lowest BCUT2D eigenvalue weighted by molar-refractivity contribution is 0.631. The first-order valence-corrected chi connectivity index (χ1v) is 10.9. The van der Waals surface area contributed by atoms with Crippen LogP contribution in [0.15, 0.2) is 83.5 Å². The van der Waals surface area contributed by atoms with Gasteiger partial charge in [-0.15, -0.1) is 0 Å². The lowest BCUT2D eigenvalue weighted by Gasteiger charge is -2.11. The van der Waals surface area contributed by atoms with Crippen LogP contribution in [-0.4, -0.2) is 31.4 Å². The first kappa shape index (κ1) is 23.7.